The number of carbonyl (C=O) groups excluding carboxylic acids is 1. The van der Waals surface area contributed by atoms with Gasteiger partial charge < -0.3 is 10.1 Å². The molecule has 0 saturated carbocycles. The van der Waals surface area contributed by atoms with Crippen molar-refractivity contribution in [3.05, 3.63) is 66.4 Å². The summed E-state index contributed by atoms with van der Waals surface area (Å²) in [6.07, 6.45) is 6.77. The molecule has 0 radical (unpaired) electrons. The lowest BCUT2D eigenvalue weighted by molar-refractivity contribution is 0.0900. The van der Waals surface area contributed by atoms with Gasteiger partial charge in [0.2, 0.25) is 0 Å². The van der Waals surface area contributed by atoms with Gasteiger partial charge in [0.15, 0.2) is 0 Å². The molecule has 29 heavy (non-hydrogen) atoms. The third kappa shape index (κ3) is 4.78. The number of hydrogen-bond donors (Lipinski definition) is 1. The van der Waals surface area contributed by atoms with Gasteiger partial charge >= 0.3 is 0 Å². The van der Waals surface area contributed by atoms with Gasteiger partial charge in [-0.05, 0) is 49.2 Å². The average Bonchev–Trinajstić information content (AvgIpc) is 3.29. The summed E-state index contributed by atoms with van der Waals surface area (Å²) in [5, 5.41) is 10.7. The second-order valence-electron chi connectivity index (χ2n) is 7.17. The summed E-state index contributed by atoms with van der Waals surface area (Å²) in [7, 11) is 1.68. The number of likely N-dealkylation sites (tertiary alicyclic amines) is 1. The maximum atomic E-state index is 12.8. The molecular weight excluding hydrogens is 368 g/mol. The number of benzene rings is 1. The van der Waals surface area contributed by atoms with Crippen LogP contribution in [0.4, 0.5) is 0 Å². The summed E-state index contributed by atoms with van der Waals surface area (Å²) < 4.78 is 6.99. The molecule has 1 unspecified atom stereocenters. The van der Waals surface area contributed by atoms with Crippen LogP contribution >= 0.6 is 0 Å². The number of ether oxygens (including phenoxy) is 1. The molecule has 3 aromatic rings. The molecule has 8 heteroatoms. The molecule has 1 aromatic carbocycles. The van der Waals surface area contributed by atoms with Gasteiger partial charge in [0.25, 0.3) is 5.91 Å². The minimum absolute atomic E-state index is 0.0880. The van der Waals surface area contributed by atoms with Crippen molar-refractivity contribution in [3.63, 3.8) is 0 Å². The third-order valence-electron chi connectivity index (χ3n) is 5.07. The molecule has 1 atom stereocenters. The summed E-state index contributed by atoms with van der Waals surface area (Å²) in [6.45, 7) is 2.69. The van der Waals surface area contributed by atoms with E-state index in [1.54, 1.807) is 42.7 Å². The van der Waals surface area contributed by atoms with E-state index in [0.29, 0.717) is 11.4 Å². The van der Waals surface area contributed by atoms with Crippen molar-refractivity contribution in [3.8, 4) is 11.6 Å². The Kier molecular flexibility index (Phi) is 5.81. The summed E-state index contributed by atoms with van der Waals surface area (Å²) >= 11 is 0. The Morgan fingerprint density at radius 3 is 2.93 bits per heavy atom. The highest BCUT2D eigenvalue weighted by Crippen LogP contribution is 2.18. The van der Waals surface area contributed by atoms with E-state index in [4.69, 9.17) is 4.74 Å². The van der Waals surface area contributed by atoms with Gasteiger partial charge in [0.05, 0.1) is 7.11 Å². The first kappa shape index (κ1) is 19.1. The van der Waals surface area contributed by atoms with Crippen molar-refractivity contribution in [2.45, 2.75) is 25.4 Å². The van der Waals surface area contributed by atoms with E-state index < -0.39 is 0 Å². The van der Waals surface area contributed by atoms with Crippen molar-refractivity contribution >= 4 is 5.91 Å². The molecule has 1 N–H and O–H groups in total. The first-order chi connectivity index (χ1) is 14.2. The first-order valence-corrected chi connectivity index (χ1v) is 9.68. The lowest BCUT2D eigenvalue weighted by atomic mass is 10.0. The molecular formula is C21H24N6O2. The molecule has 0 spiro atoms. The van der Waals surface area contributed by atoms with Gasteiger partial charge in [-0.3, -0.25) is 14.3 Å². The molecule has 0 aliphatic carbocycles. The van der Waals surface area contributed by atoms with Crippen molar-refractivity contribution in [1.29, 1.82) is 0 Å². The summed E-state index contributed by atoms with van der Waals surface area (Å²) in [5.41, 5.74) is 1.79. The fraction of sp³-hybridized carbons (Fsp3) is 0.333. The van der Waals surface area contributed by atoms with Gasteiger partial charge in [0.1, 0.15) is 24.2 Å². The summed E-state index contributed by atoms with van der Waals surface area (Å²) in [4.78, 5) is 19.4. The predicted molar refractivity (Wildman–Crippen MR) is 108 cm³/mol. The van der Waals surface area contributed by atoms with Crippen LogP contribution in [0.1, 0.15) is 28.8 Å². The average molecular weight is 392 g/mol. The van der Waals surface area contributed by atoms with Crippen LogP contribution in [0.3, 0.4) is 0 Å². The SMILES string of the molecule is COc1cccc(CN2CCCC(NC(=O)c3ccnc(-n4cnnc4)c3)C2)c1. The minimum Gasteiger partial charge on any atom is -0.497 e. The number of piperidine rings is 1. The smallest absolute Gasteiger partial charge is 0.251 e. The Balaban J connectivity index is 1.38. The van der Waals surface area contributed by atoms with Gasteiger partial charge in [-0.1, -0.05) is 12.1 Å². The van der Waals surface area contributed by atoms with Crippen LogP contribution in [0.2, 0.25) is 0 Å². The Morgan fingerprint density at radius 2 is 2.10 bits per heavy atom. The zero-order valence-corrected chi connectivity index (χ0v) is 16.4. The highest BCUT2D eigenvalue weighted by molar-refractivity contribution is 5.94. The molecule has 8 nitrogen and oxygen atoms in total. The number of amides is 1. The van der Waals surface area contributed by atoms with Crippen LogP contribution in [0.5, 0.6) is 5.75 Å². The van der Waals surface area contributed by atoms with Crippen molar-refractivity contribution in [2.75, 3.05) is 20.2 Å². The Morgan fingerprint density at radius 1 is 1.24 bits per heavy atom. The lowest BCUT2D eigenvalue weighted by Crippen LogP contribution is -2.47. The molecule has 2 aromatic heterocycles. The lowest BCUT2D eigenvalue weighted by Gasteiger charge is -2.33. The fourth-order valence-electron chi connectivity index (χ4n) is 3.63. The fourth-order valence-corrected chi connectivity index (χ4v) is 3.63. The van der Waals surface area contributed by atoms with E-state index in [9.17, 15) is 4.79 Å². The van der Waals surface area contributed by atoms with Crippen molar-refractivity contribution in [1.82, 2.24) is 30.0 Å². The number of hydrogen-bond acceptors (Lipinski definition) is 6. The Bertz CT molecular complexity index is 959. The molecule has 1 amide bonds. The zero-order chi connectivity index (χ0) is 20.1. The van der Waals surface area contributed by atoms with Crippen LogP contribution in [-0.2, 0) is 6.54 Å². The molecule has 150 valence electrons. The van der Waals surface area contributed by atoms with Crippen LogP contribution in [0.25, 0.3) is 5.82 Å². The minimum atomic E-state index is -0.0880. The van der Waals surface area contributed by atoms with E-state index in [2.05, 4.69) is 37.5 Å². The first-order valence-electron chi connectivity index (χ1n) is 9.68. The largest absolute Gasteiger partial charge is 0.497 e. The maximum Gasteiger partial charge on any atom is 0.251 e. The zero-order valence-electron chi connectivity index (χ0n) is 16.4. The monoisotopic (exact) mass is 392 g/mol. The third-order valence-corrected chi connectivity index (χ3v) is 5.07. The number of methoxy groups -OCH3 is 1. The molecule has 0 bridgehead atoms. The second-order valence-corrected chi connectivity index (χ2v) is 7.17. The van der Waals surface area contributed by atoms with Crippen LogP contribution in [0.15, 0.2) is 55.2 Å². The molecule has 1 aliphatic heterocycles. The van der Waals surface area contributed by atoms with Crippen molar-refractivity contribution < 1.29 is 9.53 Å². The number of rotatable bonds is 6. The van der Waals surface area contributed by atoms with Gasteiger partial charge in [-0.25, -0.2) is 4.98 Å². The topological polar surface area (TPSA) is 85.2 Å². The Hall–Kier alpha value is -3.26. The number of pyridine rings is 1. The highest BCUT2D eigenvalue weighted by atomic mass is 16.5. The summed E-state index contributed by atoms with van der Waals surface area (Å²) in [6, 6.07) is 11.7. The van der Waals surface area contributed by atoms with E-state index in [1.165, 1.54) is 5.56 Å². The maximum absolute atomic E-state index is 12.8. The van der Waals surface area contributed by atoms with E-state index >= 15 is 0 Å². The number of nitrogens with zero attached hydrogens (tertiary/aromatic N) is 5. The van der Waals surface area contributed by atoms with E-state index in [1.807, 2.05) is 12.1 Å². The van der Waals surface area contributed by atoms with Crippen LogP contribution in [-0.4, -0.2) is 56.8 Å². The van der Waals surface area contributed by atoms with Gasteiger partial charge in [0, 0.05) is 30.9 Å². The molecule has 1 saturated heterocycles. The van der Waals surface area contributed by atoms with Gasteiger partial charge in [-0.2, -0.15) is 0 Å². The standard InChI is InChI=1S/C21H24N6O2/c1-29-19-6-2-4-16(10-19)12-26-9-3-5-18(13-26)25-21(28)17-7-8-22-20(11-17)27-14-23-24-15-27/h2,4,6-8,10-11,14-15,18H,3,5,9,12-13H2,1H3,(H,25,28). The molecule has 3 heterocycles. The van der Waals surface area contributed by atoms with Crippen molar-refractivity contribution in [2.24, 2.45) is 0 Å². The normalized spacial score (nSPS) is 17.1. The number of nitrogens with one attached hydrogen (secondary N) is 1. The Labute approximate surface area is 169 Å². The molecule has 1 fully saturated rings. The second kappa shape index (κ2) is 8.83. The quantitative estimate of drug-likeness (QED) is 0.691. The van der Waals surface area contributed by atoms with Crippen LogP contribution < -0.4 is 10.1 Å². The summed E-state index contributed by atoms with van der Waals surface area (Å²) in [5.74, 6) is 1.40. The number of aromatic nitrogens is 4. The molecule has 1 aliphatic rings. The van der Waals surface area contributed by atoms with Crippen LogP contribution in [0, 0.1) is 0 Å². The predicted octanol–water partition coefficient (Wildman–Crippen LogP) is 2.07. The van der Waals surface area contributed by atoms with E-state index in [-0.39, 0.29) is 11.9 Å². The van der Waals surface area contributed by atoms with Gasteiger partial charge in [-0.15, -0.1) is 10.2 Å². The number of carbonyl (C=O) groups is 1. The van der Waals surface area contributed by atoms with E-state index in [0.717, 1.165) is 38.2 Å². The highest BCUT2D eigenvalue weighted by Gasteiger charge is 2.22. The molecule has 4 rings (SSSR count).